The maximum Gasteiger partial charge on any atom is 0.418 e. The lowest BCUT2D eigenvalue weighted by Gasteiger charge is -2.12. The van der Waals surface area contributed by atoms with Crippen molar-refractivity contribution in [3.05, 3.63) is 29.3 Å². The zero-order valence-electron chi connectivity index (χ0n) is 8.86. The maximum atomic E-state index is 12.8. The molecule has 1 aromatic carbocycles. The number of para-hydroxylation sites is 1. The number of nitrogens with one attached hydrogen (secondary N) is 1. The predicted octanol–water partition coefficient (Wildman–Crippen LogP) is 3.41. The van der Waals surface area contributed by atoms with Crippen molar-refractivity contribution in [1.82, 2.24) is 0 Å². The summed E-state index contributed by atoms with van der Waals surface area (Å²) in [5.41, 5.74) is 0.617. The van der Waals surface area contributed by atoms with Crippen LogP contribution in [0.2, 0.25) is 0 Å². The molecule has 2 atom stereocenters. The fraction of sp³-hybridized carbons (Fsp3) is 0.500. The number of anilines is 1. The van der Waals surface area contributed by atoms with E-state index in [9.17, 15) is 13.2 Å². The summed E-state index contributed by atoms with van der Waals surface area (Å²) in [6.45, 7) is 2.74. The number of halogens is 3. The van der Waals surface area contributed by atoms with Gasteiger partial charge in [0, 0.05) is 12.0 Å². The van der Waals surface area contributed by atoms with Crippen LogP contribution in [0, 0.1) is 5.92 Å². The van der Waals surface area contributed by atoms with Gasteiger partial charge < -0.3 is 5.32 Å². The summed E-state index contributed by atoms with van der Waals surface area (Å²) in [4.78, 5) is 0. The molecular formula is C12H12F3N. The molecular weight excluding hydrogens is 215 g/mol. The van der Waals surface area contributed by atoms with Crippen LogP contribution in [0.5, 0.6) is 0 Å². The van der Waals surface area contributed by atoms with Crippen LogP contribution < -0.4 is 5.32 Å². The Morgan fingerprint density at radius 1 is 1.38 bits per heavy atom. The van der Waals surface area contributed by atoms with Crippen LogP contribution in [0.3, 0.4) is 0 Å². The van der Waals surface area contributed by atoms with E-state index in [-0.39, 0.29) is 5.41 Å². The Morgan fingerprint density at radius 2 is 2.06 bits per heavy atom. The Labute approximate surface area is 91.7 Å². The first-order valence-corrected chi connectivity index (χ1v) is 5.40. The van der Waals surface area contributed by atoms with Crippen molar-refractivity contribution in [3.63, 3.8) is 0 Å². The van der Waals surface area contributed by atoms with E-state index in [1.165, 1.54) is 6.07 Å². The summed E-state index contributed by atoms with van der Waals surface area (Å²) in [6, 6.07) is 4.49. The lowest BCUT2D eigenvalue weighted by atomic mass is 9.94. The summed E-state index contributed by atoms with van der Waals surface area (Å²) >= 11 is 0. The third-order valence-corrected chi connectivity index (χ3v) is 3.94. The molecule has 0 aromatic heterocycles. The zero-order chi connectivity index (χ0) is 11.6. The van der Waals surface area contributed by atoms with Crippen molar-refractivity contribution in [2.24, 2.45) is 5.92 Å². The molecule has 1 N–H and O–H groups in total. The van der Waals surface area contributed by atoms with Crippen molar-refractivity contribution in [2.75, 3.05) is 11.9 Å². The number of fused-ring (bicyclic) bond motifs is 2. The molecule has 0 radical (unpaired) electrons. The van der Waals surface area contributed by atoms with Gasteiger partial charge in [-0.15, -0.1) is 0 Å². The molecule has 2 aliphatic rings. The summed E-state index contributed by atoms with van der Waals surface area (Å²) < 4.78 is 38.3. The number of hydrogen-bond acceptors (Lipinski definition) is 1. The second kappa shape index (κ2) is 2.73. The molecule has 4 heteroatoms. The van der Waals surface area contributed by atoms with Gasteiger partial charge in [-0.1, -0.05) is 19.1 Å². The monoisotopic (exact) mass is 227 g/mol. The molecule has 1 aliphatic heterocycles. The fourth-order valence-electron chi connectivity index (χ4n) is 2.84. The van der Waals surface area contributed by atoms with Crippen molar-refractivity contribution in [1.29, 1.82) is 0 Å². The van der Waals surface area contributed by atoms with Gasteiger partial charge in [-0.2, -0.15) is 13.2 Å². The highest BCUT2D eigenvalue weighted by Crippen LogP contribution is 2.60. The van der Waals surface area contributed by atoms with Gasteiger partial charge in [0.25, 0.3) is 0 Å². The second-order valence-electron chi connectivity index (χ2n) is 4.84. The second-order valence-corrected chi connectivity index (χ2v) is 4.84. The van der Waals surface area contributed by atoms with Crippen LogP contribution in [0.4, 0.5) is 18.9 Å². The highest BCUT2D eigenvalue weighted by atomic mass is 19.4. The van der Waals surface area contributed by atoms with E-state index in [2.05, 4.69) is 12.2 Å². The Bertz CT molecular complexity index is 452. The highest BCUT2D eigenvalue weighted by Gasteiger charge is 2.57. The van der Waals surface area contributed by atoms with Crippen LogP contribution in [0.15, 0.2) is 18.2 Å². The molecule has 16 heavy (non-hydrogen) atoms. The minimum Gasteiger partial charge on any atom is -0.383 e. The SMILES string of the molecule is CC1CC12CNc1c(C(F)(F)F)cccc12. The van der Waals surface area contributed by atoms with Gasteiger partial charge in [-0.05, 0) is 24.0 Å². The molecule has 2 unspecified atom stereocenters. The third-order valence-electron chi connectivity index (χ3n) is 3.94. The quantitative estimate of drug-likeness (QED) is 0.716. The number of alkyl halides is 3. The normalized spacial score (nSPS) is 31.4. The molecule has 86 valence electrons. The smallest absolute Gasteiger partial charge is 0.383 e. The van der Waals surface area contributed by atoms with Crippen LogP contribution >= 0.6 is 0 Å². The number of hydrogen-bond donors (Lipinski definition) is 1. The van der Waals surface area contributed by atoms with Gasteiger partial charge in [0.1, 0.15) is 0 Å². The third kappa shape index (κ3) is 1.13. The lowest BCUT2D eigenvalue weighted by molar-refractivity contribution is -0.136. The largest absolute Gasteiger partial charge is 0.418 e. The molecule has 1 aliphatic carbocycles. The van der Waals surface area contributed by atoms with E-state index >= 15 is 0 Å². The van der Waals surface area contributed by atoms with E-state index in [1.54, 1.807) is 0 Å². The van der Waals surface area contributed by atoms with Crippen molar-refractivity contribution in [3.8, 4) is 0 Å². The first-order valence-electron chi connectivity index (χ1n) is 5.40. The number of benzene rings is 1. The summed E-state index contributed by atoms with van der Waals surface area (Å²) in [6.07, 6.45) is -3.27. The van der Waals surface area contributed by atoms with Gasteiger partial charge >= 0.3 is 6.18 Å². The Balaban J connectivity index is 2.14. The molecule has 1 fully saturated rings. The fourth-order valence-corrected chi connectivity index (χ4v) is 2.84. The average Bonchev–Trinajstić information content (AvgIpc) is 2.68. The molecule has 1 saturated carbocycles. The van der Waals surface area contributed by atoms with E-state index in [4.69, 9.17) is 0 Å². The highest BCUT2D eigenvalue weighted by molar-refractivity contribution is 5.68. The predicted molar refractivity (Wildman–Crippen MR) is 55.4 cm³/mol. The zero-order valence-corrected chi connectivity index (χ0v) is 8.86. The van der Waals surface area contributed by atoms with E-state index in [0.717, 1.165) is 18.1 Å². The topological polar surface area (TPSA) is 12.0 Å². The lowest BCUT2D eigenvalue weighted by Crippen LogP contribution is -2.11. The first-order chi connectivity index (χ1) is 7.45. The summed E-state index contributed by atoms with van der Waals surface area (Å²) in [5.74, 6) is 0.490. The molecule has 1 nitrogen and oxygen atoms in total. The van der Waals surface area contributed by atoms with E-state index in [1.807, 2.05) is 6.07 Å². The van der Waals surface area contributed by atoms with Crippen LogP contribution in [-0.4, -0.2) is 6.54 Å². The average molecular weight is 227 g/mol. The van der Waals surface area contributed by atoms with Gasteiger partial charge in [-0.3, -0.25) is 0 Å². The Kier molecular flexibility index (Phi) is 1.71. The Hall–Kier alpha value is -1.19. The van der Waals surface area contributed by atoms with Crippen molar-refractivity contribution in [2.45, 2.75) is 24.9 Å². The van der Waals surface area contributed by atoms with Crippen LogP contribution in [0.25, 0.3) is 0 Å². The number of rotatable bonds is 0. The summed E-state index contributed by atoms with van der Waals surface area (Å²) in [7, 11) is 0. The van der Waals surface area contributed by atoms with Gasteiger partial charge in [-0.25, -0.2) is 0 Å². The van der Waals surface area contributed by atoms with Gasteiger partial charge in [0.15, 0.2) is 0 Å². The Morgan fingerprint density at radius 3 is 2.62 bits per heavy atom. The molecule has 0 bridgehead atoms. The first kappa shape index (κ1) is 10.00. The van der Waals surface area contributed by atoms with E-state index < -0.39 is 11.7 Å². The molecule has 0 amide bonds. The minimum absolute atomic E-state index is 0.0173. The maximum absolute atomic E-state index is 12.8. The van der Waals surface area contributed by atoms with E-state index in [0.29, 0.717) is 18.2 Å². The van der Waals surface area contributed by atoms with Crippen LogP contribution in [0.1, 0.15) is 24.5 Å². The summed E-state index contributed by atoms with van der Waals surface area (Å²) in [5, 5.41) is 2.94. The van der Waals surface area contributed by atoms with Crippen molar-refractivity contribution >= 4 is 5.69 Å². The molecule has 1 aromatic rings. The van der Waals surface area contributed by atoms with Gasteiger partial charge in [0.05, 0.1) is 11.3 Å². The molecule has 1 spiro atoms. The molecule has 1 heterocycles. The standard InChI is InChI=1S/C12H12F3N/c1-7-5-11(7)6-16-10-8(11)3-2-4-9(10)12(13,14)15/h2-4,7,16H,5-6H2,1H3. The van der Waals surface area contributed by atoms with Crippen LogP contribution in [-0.2, 0) is 11.6 Å². The minimum atomic E-state index is -4.26. The van der Waals surface area contributed by atoms with Crippen molar-refractivity contribution < 1.29 is 13.2 Å². The molecule has 0 saturated heterocycles. The van der Waals surface area contributed by atoms with Gasteiger partial charge in [0.2, 0.25) is 0 Å². The molecule has 3 rings (SSSR count).